The summed E-state index contributed by atoms with van der Waals surface area (Å²) in [7, 11) is 0. The lowest BCUT2D eigenvalue weighted by molar-refractivity contribution is 0.0980. The molecule has 1 aliphatic rings. The summed E-state index contributed by atoms with van der Waals surface area (Å²) in [5.41, 5.74) is 2.37. The average Bonchev–Trinajstić information content (AvgIpc) is 2.41. The van der Waals surface area contributed by atoms with Crippen LogP contribution in [0.1, 0.15) is 15.9 Å². The van der Waals surface area contributed by atoms with Gasteiger partial charge in [-0.1, -0.05) is 24.3 Å². The fraction of sp³-hybridized carbons (Fsp3) is 0. The number of allylic oxidation sites excluding steroid dienone is 1. The molecule has 0 aliphatic heterocycles. The molecule has 2 rings (SSSR count). The van der Waals surface area contributed by atoms with Crippen molar-refractivity contribution in [2.45, 2.75) is 0 Å². The van der Waals surface area contributed by atoms with Gasteiger partial charge in [0.1, 0.15) is 0 Å². The van der Waals surface area contributed by atoms with Crippen LogP contribution >= 0.6 is 0 Å². The highest BCUT2D eigenvalue weighted by molar-refractivity contribution is 6.18. The van der Waals surface area contributed by atoms with Gasteiger partial charge in [0.2, 0.25) is 5.78 Å². The molecule has 0 bridgehead atoms. The molecule has 13 heavy (non-hydrogen) atoms. The van der Waals surface area contributed by atoms with E-state index >= 15 is 0 Å². The van der Waals surface area contributed by atoms with Crippen LogP contribution in [0.5, 0.6) is 0 Å². The molecular weight excluding hydrogens is 170 g/mol. The first-order chi connectivity index (χ1) is 6.25. The van der Waals surface area contributed by atoms with Crippen LogP contribution in [-0.2, 0) is 0 Å². The highest BCUT2D eigenvalue weighted by Crippen LogP contribution is 2.28. The Bertz CT molecular complexity index is 409. The molecule has 0 fully saturated rings. The summed E-state index contributed by atoms with van der Waals surface area (Å²) in [5, 5.41) is 18.0. The standard InChI is InChI=1S/C9H7NO3/c11-8-5-3-1-2-4-6(5)9(12)7(8)10-13/h1-4,13H,(H2,10,11,12). The first-order valence-electron chi connectivity index (χ1n) is 3.73. The number of nitrogens with one attached hydrogen (secondary N) is 1. The largest absolute Gasteiger partial charge is 0.505 e. The molecule has 3 N–H and O–H groups in total. The Morgan fingerprint density at radius 2 is 1.77 bits per heavy atom. The van der Waals surface area contributed by atoms with Gasteiger partial charge in [-0.25, -0.2) is 0 Å². The molecule has 0 amide bonds. The van der Waals surface area contributed by atoms with E-state index in [1.807, 2.05) is 0 Å². The third-order valence-corrected chi connectivity index (χ3v) is 2.00. The molecule has 0 saturated carbocycles. The van der Waals surface area contributed by atoms with Crippen molar-refractivity contribution in [3.8, 4) is 0 Å². The zero-order valence-corrected chi connectivity index (χ0v) is 6.61. The molecule has 0 aromatic heterocycles. The summed E-state index contributed by atoms with van der Waals surface area (Å²) in [5.74, 6) is -0.598. The SMILES string of the molecule is O=C1C(NO)=C(O)c2ccccc21. The molecule has 1 aliphatic carbocycles. The zero-order valence-electron chi connectivity index (χ0n) is 6.61. The van der Waals surface area contributed by atoms with Crippen LogP contribution in [0.15, 0.2) is 30.0 Å². The number of hydroxylamine groups is 1. The van der Waals surface area contributed by atoms with E-state index in [1.54, 1.807) is 29.7 Å². The number of aliphatic hydroxyl groups excluding tert-OH is 1. The van der Waals surface area contributed by atoms with Gasteiger partial charge in [-0.15, -0.1) is 0 Å². The zero-order chi connectivity index (χ0) is 9.42. The maximum Gasteiger partial charge on any atom is 0.215 e. The maximum atomic E-state index is 11.4. The first-order valence-corrected chi connectivity index (χ1v) is 3.73. The van der Waals surface area contributed by atoms with Crippen molar-refractivity contribution in [3.63, 3.8) is 0 Å². The van der Waals surface area contributed by atoms with Crippen LogP contribution in [0.25, 0.3) is 5.76 Å². The molecule has 1 aromatic carbocycles. The number of hydrogen-bond acceptors (Lipinski definition) is 4. The topological polar surface area (TPSA) is 69.6 Å². The molecule has 0 saturated heterocycles. The van der Waals surface area contributed by atoms with E-state index in [0.717, 1.165) is 0 Å². The normalized spacial score (nSPS) is 14.7. The second kappa shape index (κ2) is 2.60. The summed E-state index contributed by atoms with van der Waals surface area (Å²) < 4.78 is 0. The molecule has 0 spiro atoms. The number of Topliss-reactive ketones (excluding diaryl/α,β-unsaturated/α-hetero) is 1. The van der Waals surface area contributed by atoms with Gasteiger partial charge in [0.15, 0.2) is 11.5 Å². The van der Waals surface area contributed by atoms with E-state index in [1.165, 1.54) is 0 Å². The van der Waals surface area contributed by atoms with Crippen LogP contribution in [0.2, 0.25) is 0 Å². The van der Waals surface area contributed by atoms with Crippen LogP contribution < -0.4 is 5.48 Å². The number of carbonyl (C=O) groups is 1. The lowest BCUT2D eigenvalue weighted by Crippen LogP contribution is -2.14. The number of aliphatic hydroxyl groups is 1. The quantitative estimate of drug-likeness (QED) is 0.561. The minimum absolute atomic E-state index is 0.166. The maximum absolute atomic E-state index is 11.4. The van der Waals surface area contributed by atoms with Gasteiger partial charge >= 0.3 is 0 Å². The van der Waals surface area contributed by atoms with Gasteiger partial charge in [-0.2, -0.15) is 0 Å². The van der Waals surface area contributed by atoms with Crippen molar-refractivity contribution in [2.75, 3.05) is 0 Å². The highest BCUT2D eigenvalue weighted by atomic mass is 16.5. The van der Waals surface area contributed by atoms with Gasteiger partial charge in [0, 0.05) is 11.1 Å². The van der Waals surface area contributed by atoms with Crippen molar-refractivity contribution in [2.24, 2.45) is 0 Å². The van der Waals surface area contributed by atoms with Crippen LogP contribution in [-0.4, -0.2) is 16.1 Å². The number of carbonyl (C=O) groups excluding carboxylic acids is 1. The monoisotopic (exact) mass is 177 g/mol. The van der Waals surface area contributed by atoms with E-state index in [4.69, 9.17) is 5.21 Å². The Hall–Kier alpha value is -1.81. The number of ketones is 1. The van der Waals surface area contributed by atoms with Gasteiger partial charge in [-0.3, -0.25) is 15.5 Å². The summed E-state index contributed by atoms with van der Waals surface area (Å²) >= 11 is 0. The summed E-state index contributed by atoms with van der Waals surface area (Å²) in [6, 6.07) is 6.62. The number of rotatable bonds is 1. The average molecular weight is 177 g/mol. The summed E-state index contributed by atoms with van der Waals surface area (Å²) in [4.78, 5) is 11.4. The molecule has 0 unspecified atom stereocenters. The molecule has 4 heteroatoms. The fourth-order valence-corrected chi connectivity index (χ4v) is 1.37. The molecule has 0 atom stereocenters. The van der Waals surface area contributed by atoms with Gasteiger partial charge in [-0.05, 0) is 0 Å². The van der Waals surface area contributed by atoms with Crippen LogP contribution in [0.3, 0.4) is 0 Å². The Kier molecular flexibility index (Phi) is 1.56. The molecule has 4 nitrogen and oxygen atoms in total. The summed E-state index contributed by atoms with van der Waals surface area (Å²) in [6.07, 6.45) is 0. The third-order valence-electron chi connectivity index (χ3n) is 2.00. The second-order valence-corrected chi connectivity index (χ2v) is 2.71. The Morgan fingerprint density at radius 3 is 2.31 bits per heavy atom. The fourth-order valence-electron chi connectivity index (χ4n) is 1.37. The Labute approximate surface area is 74.1 Å². The minimum atomic E-state index is -0.393. The lowest BCUT2D eigenvalue weighted by atomic mass is 10.1. The minimum Gasteiger partial charge on any atom is -0.505 e. The summed E-state index contributed by atoms with van der Waals surface area (Å²) in [6.45, 7) is 0. The smallest absolute Gasteiger partial charge is 0.215 e. The van der Waals surface area contributed by atoms with Crippen molar-refractivity contribution in [3.05, 3.63) is 41.1 Å². The van der Waals surface area contributed by atoms with Crippen LogP contribution in [0, 0.1) is 0 Å². The Balaban J connectivity index is 2.65. The molecule has 1 aromatic rings. The lowest BCUT2D eigenvalue weighted by Gasteiger charge is -1.95. The van der Waals surface area contributed by atoms with Crippen LogP contribution in [0.4, 0.5) is 0 Å². The molecule has 0 radical (unpaired) electrons. The molecule has 66 valence electrons. The predicted molar refractivity (Wildman–Crippen MR) is 45.2 cm³/mol. The van der Waals surface area contributed by atoms with E-state index in [9.17, 15) is 9.90 Å². The van der Waals surface area contributed by atoms with Gasteiger partial charge in [0.05, 0.1) is 0 Å². The van der Waals surface area contributed by atoms with E-state index in [2.05, 4.69) is 0 Å². The first kappa shape index (κ1) is 7.82. The third kappa shape index (κ3) is 0.925. The number of fused-ring (bicyclic) bond motifs is 1. The van der Waals surface area contributed by atoms with E-state index < -0.39 is 5.78 Å². The molecular formula is C9H7NO3. The van der Waals surface area contributed by atoms with Crippen molar-refractivity contribution in [1.82, 2.24) is 5.48 Å². The van der Waals surface area contributed by atoms with Gasteiger partial charge in [0.25, 0.3) is 0 Å². The number of hydrogen-bond donors (Lipinski definition) is 3. The van der Waals surface area contributed by atoms with Crippen molar-refractivity contribution >= 4 is 11.5 Å². The van der Waals surface area contributed by atoms with E-state index in [-0.39, 0.29) is 11.5 Å². The highest BCUT2D eigenvalue weighted by Gasteiger charge is 2.28. The van der Waals surface area contributed by atoms with E-state index in [0.29, 0.717) is 11.1 Å². The Morgan fingerprint density at radius 1 is 1.15 bits per heavy atom. The van der Waals surface area contributed by atoms with Crippen molar-refractivity contribution < 1.29 is 15.1 Å². The number of benzene rings is 1. The predicted octanol–water partition coefficient (Wildman–Crippen LogP) is 1.09. The van der Waals surface area contributed by atoms with Gasteiger partial charge < -0.3 is 5.11 Å². The van der Waals surface area contributed by atoms with Crippen molar-refractivity contribution in [1.29, 1.82) is 0 Å². The molecule has 0 heterocycles. The second-order valence-electron chi connectivity index (χ2n) is 2.71.